The summed E-state index contributed by atoms with van der Waals surface area (Å²) in [4.78, 5) is 11.5. The Morgan fingerprint density at radius 1 is 1.22 bits per heavy atom. The van der Waals surface area contributed by atoms with Gasteiger partial charge in [0.1, 0.15) is 14.0 Å². The molecular formula is C15H18O2Si. The number of carbonyl (C=O) groups is 1. The molecule has 0 aliphatic carbocycles. The average molecular weight is 258 g/mol. The van der Waals surface area contributed by atoms with E-state index in [1.165, 1.54) is 5.56 Å². The number of cyclic esters (lactones) is 1. The summed E-state index contributed by atoms with van der Waals surface area (Å²) >= 11 is 0. The molecule has 1 aliphatic rings. The number of esters is 1. The van der Waals surface area contributed by atoms with E-state index in [4.69, 9.17) is 4.74 Å². The van der Waals surface area contributed by atoms with Crippen LogP contribution in [0.5, 0.6) is 0 Å². The Hall–Kier alpha value is -1.53. The van der Waals surface area contributed by atoms with Gasteiger partial charge in [-0.2, -0.15) is 0 Å². The first kappa shape index (κ1) is 12.9. The van der Waals surface area contributed by atoms with Crippen LogP contribution in [0.15, 0.2) is 30.3 Å². The Morgan fingerprint density at radius 2 is 1.89 bits per heavy atom. The molecule has 0 unspecified atom stereocenters. The lowest BCUT2D eigenvalue weighted by Crippen LogP contribution is -2.45. The number of carbonyl (C=O) groups excluding carboxylic acids is 1. The van der Waals surface area contributed by atoms with E-state index < -0.39 is 8.07 Å². The van der Waals surface area contributed by atoms with Gasteiger partial charge in [0.15, 0.2) is 6.10 Å². The topological polar surface area (TPSA) is 26.3 Å². The van der Waals surface area contributed by atoms with Crippen LogP contribution < -0.4 is 0 Å². The minimum atomic E-state index is -1.40. The molecule has 0 bridgehead atoms. The van der Waals surface area contributed by atoms with Gasteiger partial charge in [0.2, 0.25) is 0 Å². The molecule has 0 amide bonds. The fraction of sp³-hybridized carbons (Fsp3) is 0.400. The number of hydrogen-bond donors (Lipinski definition) is 0. The summed E-state index contributed by atoms with van der Waals surface area (Å²) in [5, 5.41) is 0. The maximum atomic E-state index is 11.5. The minimum Gasteiger partial charge on any atom is -0.448 e. The predicted molar refractivity (Wildman–Crippen MR) is 74.6 cm³/mol. The molecular weight excluding hydrogens is 240 g/mol. The van der Waals surface area contributed by atoms with Crippen molar-refractivity contribution in [2.24, 2.45) is 5.92 Å². The van der Waals surface area contributed by atoms with Crippen LogP contribution in [-0.2, 0) is 16.0 Å². The van der Waals surface area contributed by atoms with Gasteiger partial charge < -0.3 is 4.74 Å². The van der Waals surface area contributed by atoms with Gasteiger partial charge >= 0.3 is 5.97 Å². The third-order valence-corrected chi connectivity index (χ3v) is 3.69. The van der Waals surface area contributed by atoms with Crippen LogP contribution in [0.2, 0.25) is 19.6 Å². The molecule has 1 heterocycles. The lowest BCUT2D eigenvalue weighted by atomic mass is 9.90. The van der Waals surface area contributed by atoms with Crippen molar-refractivity contribution in [3.63, 3.8) is 0 Å². The van der Waals surface area contributed by atoms with Crippen LogP contribution in [0.3, 0.4) is 0 Å². The van der Waals surface area contributed by atoms with Crippen molar-refractivity contribution in [3.8, 4) is 11.5 Å². The molecule has 3 heteroatoms. The van der Waals surface area contributed by atoms with Crippen molar-refractivity contribution in [1.82, 2.24) is 0 Å². The molecule has 0 aromatic heterocycles. The molecule has 1 saturated heterocycles. The van der Waals surface area contributed by atoms with Crippen LogP contribution in [0.4, 0.5) is 0 Å². The van der Waals surface area contributed by atoms with Gasteiger partial charge in [0, 0.05) is 0 Å². The van der Waals surface area contributed by atoms with Crippen molar-refractivity contribution in [1.29, 1.82) is 0 Å². The standard InChI is InChI=1S/C15H18O2Si/c1-18(2,3)10-9-14-13(15(16)17-14)11-12-7-5-4-6-8-12/h4-8,13-14H,11H2,1-3H3/t13-,14+/m1/s1. The Morgan fingerprint density at radius 3 is 2.44 bits per heavy atom. The van der Waals surface area contributed by atoms with Gasteiger partial charge in [0.25, 0.3) is 0 Å². The summed E-state index contributed by atoms with van der Waals surface area (Å²) in [6, 6.07) is 10.0. The first-order chi connectivity index (χ1) is 8.46. The zero-order valence-corrected chi connectivity index (χ0v) is 12.1. The van der Waals surface area contributed by atoms with Crippen LogP contribution in [0.1, 0.15) is 5.56 Å². The number of rotatable bonds is 2. The van der Waals surface area contributed by atoms with E-state index in [0.717, 1.165) is 6.42 Å². The van der Waals surface area contributed by atoms with E-state index in [1.807, 2.05) is 30.3 Å². The molecule has 0 spiro atoms. The molecule has 1 aromatic rings. The minimum absolute atomic E-state index is 0.0868. The Kier molecular flexibility index (Phi) is 3.58. The lowest BCUT2D eigenvalue weighted by Gasteiger charge is -2.31. The highest BCUT2D eigenvalue weighted by atomic mass is 28.3. The Bertz CT molecular complexity index is 491. The predicted octanol–water partition coefficient (Wildman–Crippen LogP) is 2.65. The van der Waals surface area contributed by atoms with Gasteiger partial charge in [-0.25, -0.2) is 0 Å². The summed E-state index contributed by atoms with van der Waals surface area (Å²) in [5.41, 5.74) is 4.44. The summed E-state index contributed by atoms with van der Waals surface area (Å²) in [6.45, 7) is 6.56. The van der Waals surface area contributed by atoms with Gasteiger partial charge in [-0.1, -0.05) is 55.9 Å². The highest BCUT2D eigenvalue weighted by molar-refractivity contribution is 6.83. The van der Waals surface area contributed by atoms with E-state index in [2.05, 4.69) is 31.1 Å². The molecule has 2 nitrogen and oxygen atoms in total. The largest absolute Gasteiger partial charge is 0.448 e. The van der Waals surface area contributed by atoms with Gasteiger partial charge in [-0.15, -0.1) is 5.54 Å². The quantitative estimate of drug-likeness (QED) is 0.463. The molecule has 0 radical (unpaired) electrons. The molecule has 18 heavy (non-hydrogen) atoms. The molecule has 0 N–H and O–H groups in total. The highest BCUT2D eigenvalue weighted by Crippen LogP contribution is 2.26. The first-order valence-electron chi connectivity index (χ1n) is 6.23. The van der Waals surface area contributed by atoms with Gasteiger partial charge in [0.05, 0.1) is 0 Å². The highest BCUT2D eigenvalue weighted by Gasteiger charge is 2.41. The lowest BCUT2D eigenvalue weighted by molar-refractivity contribution is -0.176. The Labute approximate surface area is 109 Å². The van der Waals surface area contributed by atoms with E-state index in [9.17, 15) is 4.79 Å². The maximum absolute atomic E-state index is 11.5. The van der Waals surface area contributed by atoms with Crippen LogP contribution in [-0.4, -0.2) is 20.1 Å². The molecule has 2 atom stereocenters. The fourth-order valence-corrected chi connectivity index (χ4v) is 2.40. The molecule has 1 aliphatic heterocycles. The zero-order chi connectivity index (χ0) is 13.2. The summed E-state index contributed by atoms with van der Waals surface area (Å²) in [6.07, 6.45) is 0.523. The average Bonchev–Trinajstić information content (AvgIpc) is 2.31. The van der Waals surface area contributed by atoms with E-state index >= 15 is 0 Å². The SMILES string of the molecule is C[Si](C)(C)C#C[C@@H]1OC(=O)[C@@H]1Cc1ccccc1. The first-order valence-corrected chi connectivity index (χ1v) is 9.73. The number of benzene rings is 1. The normalized spacial score (nSPS) is 22.5. The van der Waals surface area contributed by atoms with Crippen molar-refractivity contribution in [2.75, 3.05) is 0 Å². The van der Waals surface area contributed by atoms with E-state index in [-0.39, 0.29) is 18.0 Å². The maximum Gasteiger partial charge on any atom is 0.315 e. The fourth-order valence-electron chi connectivity index (χ4n) is 1.82. The van der Waals surface area contributed by atoms with Crippen LogP contribution in [0, 0.1) is 17.4 Å². The van der Waals surface area contributed by atoms with Gasteiger partial charge in [-0.3, -0.25) is 4.79 Å². The van der Waals surface area contributed by atoms with Crippen molar-refractivity contribution in [3.05, 3.63) is 35.9 Å². The second kappa shape index (κ2) is 4.99. The third-order valence-electron chi connectivity index (χ3n) is 2.80. The van der Waals surface area contributed by atoms with Gasteiger partial charge in [-0.05, 0) is 12.0 Å². The second-order valence-corrected chi connectivity index (χ2v) is 10.4. The Balaban J connectivity index is 2.03. The zero-order valence-electron chi connectivity index (χ0n) is 11.1. The summed E-state index contributed by atoms with van der Waals surface area (Å²) in [5.74, 6) is 2.92. The number of hydrogen-bond acceptors (Lipinski definition) is 2. The van der Waals surface area contributed by atoms with Crippen molar-refractivity contribution < 1.29 is 9.53 Å². The molecule has 94 valence electrons. The van der Waals surface area contributed by atoms with Crippen molar-refractivity contribution in [2.45, 2.75) is 32.2 Å². The van der Waals surface area contributed by atoms with Crippen LogP contribution in [0.25, 0.3) is 0 Å². The second-order valence-electron chi connectivity index (χ2n) is 5.67. The van der Waals surface area contributed by atoms with Crippen LogP contribution >= 0.6 is 0 Å². The summed E-state index contributed by atoms with van der Waals surface area (Å²) in [7, 11) is -1.40. The molecule has 1 aromatic carbocycles. The number of ether oxygens (including phenoxy) is 1. The molecule has 0 saturated carbocycles. The summed E-state index contributed by atoms with van der Waals surface area (Å²) < 4.78 is 5.13. The molecule has 1 fully saturated rings. The smallest absolute Gasteiger partial charge is 0.315 e. The third kappa shape index (κ3) is 3.24. The van der Waals surface area contributed by atoms with Crippen molar-refractivity contribution >= 4 is 14.0 Å². The van der Waals surface area contributed by atoms with E-state index in [1.54, 1.807) is 0 Å². The molecule has 2 rings (SSSR count). The van der Waals surface area contributed by atoms with E-state index in [0.29, 0.717) is 0 Å². The monoisotopic (exact) mass is 258 g/mol.